The van der Waals surface area contributed by atoms with Crippen LogP contribution < -0.4 is 5.32 Å². The predicted molar refractivity (Wildman–Crippen MR) is 61.1 cm³/mol. The van der Waals surface area contributed by atoms with Crippen LogP contribution in [0.5, 0.6) is 0 Å². The highest BCUT2D eigenvalue weighted by atomic mass is 16.6. The summed E-state index contributed by atoms with van der Waals surface area (Å²) in [6.07, 6.45) is 2.16. The Bertz CT molecular complexity index is 270. The molecule has 1 N–H and O–H groups in total. The smallest absolute Gasteiger partial charge is 0.407 e. The van der Waals surface area contributed by atoms with Crippen molar-refractivity contribution in [1.29, 1.82) is 0 Å². The maximum Gasteiger partial charge on any atom is 0.407 e. The zero-order chi connectivity index (χ0) is 12.3. The predicted octanol–water partition coefficient (Wildman–Crippen LogP) is 2.12. The maximum atomic E-state index is 11.5. The molecule has 0 radical (unpaired) electrons. The zero-order valence-corrected chi connectivity index (χ0v) is 10.4. The molecule has 1 aliphatic carbocycles. The third-order valence-electron chi connectivity index (χ3n) is 2.81. The maximum absolute atomic E-state index is 11.5. The Labute approximate surface area is 96.7 Å². The van der Waals surface area contributed by atoms with Crippen LogP contribution in [0.3, 0.4) is 0 Å². The molecule has 0 unspecified atom stereocenters. The van der Waals surface area contributed by atoms with E-state index in [0.717, 1.165) is 19.1 Å². The molecule has 4 heteroatoms. The van der Waals surface area contributed by atoms with Crippen molar-refractivity contribution in [2.24, 2.45) is 11.8 Å². The molecule has 0 aromatic rings. The summed E-state index contributed by atoms with van der Waals surface area (Å²) in [5, 5.41) is 2.83. The van der Waals surface area contributed by atoms with Crippen LogP contribution in [0.25, 0.3) is 0 Å². The Kier molecular flexibility index (Phi) is 3.94. The Morgan fingerprint density at radius 1 is 1.38 bits per heavy atom. The van der Waals surface area contributed by atoms with Gasteiger partial charge in [-0.15, -0.1) is 0 Å². The summed E-state index contributed by atoms with van der Waals surface area (Å²) in [7, 11) is 0. The fraction of sp³-hybridized carbons (Fsp3) is 0.833. The van der Waals surface area contributed by atoms with Gasteiger partial charge in [-0.3, -0.25) is 0 Å². The summed E-state index contributed by atoms with van der Waals surface area (Å²) in [4.78, 5) is 22.2. The van der Waals surface area contributed by atoms with Crippen molar-refractivity contribution < 1.29 is 14.3 Å². The summed E-state index contributed by atoms with van der Waals surface area (Å²) in [5.74, 6) is 0.414. The van der Waals surface area contributed by atoms with E-state index in [0.29, 0.717) is 5.92 Å². The number of nitrogens with one attached hydrogen (secondary N) is 1. The fourth-order valence-corrected chi connectivity index (χ4v) is 2.07. The van der Waals surface area contributed by atoms with Gasteiger partial charge in [-0.2, -0.15) is 0 Å². The third kappa shape index (κ3) is 3.83. The van der Waals surface area contributed by atoms with Crippen molar-refractivity contribution in [3.05, 3.63) is 0 Å². The van der Waals surface area contributed by atoms with Crippen molar-refractivity contribution in [2.75, 3.05) is 0 Å². The molecule has 0 saturated heterocycles. The molecule has 0 aromatic heterocycles. The van der Waals surface area contributed by atoms with Gasteiger partial charge in [0.2, 0.25) is 0 Å². The average Bonchev–Trinajstić information content (AvgIpc) is 2.44. The van der Waals surface area contributed by atoms with Crippen LogP contribution in [0.4, 0.5) is 4.79 Å². The Morgan fingerprint density at radius 2 is 2.00 bits per heavy atom. The molecule has 0 aromatic carbocycles. The van der Waals surface area contributed by atoms with Gasteiger partial charge in [0.15, 0.2) is 0 Å². The van der Waals surface area contributed by atoms with E-state index in [4.69, 9.17) is 4.74 Å². The first kappa shape index (κ1) is 13.0. The lowest BCUT2D eigenvalue weighted by Gasteiger charge is -2.23. The lowest BCUT2D eigenvalue weighted by atomic mass is 10.1. The highest BCUT2D eigenvalue weighted by molar-refractivity contribution is 5.68. The Balaban J connectivity index is 2.43. The van der Waals surface area contributed by atoms with E-state index < -0.39 is 11.7 Å². The summed E-state index contributed by atoms with van der Waals surface area (Å²) in [6.45, 7) is 7.54. The van der Waals surface area contributed by atoms with Crippen molar-refractivity contribution in [3.63, 3.8) is 0 Å². The number of alkyl carbamates (subject to hydrolysis) is 1. The normalized spacial score (nSPS) is 29.9. The van der Waals surface area contributed by atoms with Gasteiger partial charge in [-0.1, -0.05) is 6.92 Å². The van der Waals surface area contributed by atoms with Gasteiger partial charge in [0.05, 0.1) is 0 Å². The second-order valence-electron chi connectivity index (χ2n) is 5.60. The van der Waals surface area contributed by atoms with Crippen LogP contribution in [0.2, 0.25) is 0 Å². The summed E-state index contributed by atoms with van der Waals surface area (Å²) >= 11 is 0. The van der Waals surface area contributed by atoms with E-state index in [1.54, 1.807) is 0 Å². The second-order valence-corrected chi connectivity index (χ2v) is 5.60. The molecule has 92 valence electrons. The first-order valence-corrected chi connectivity index (χ1v) is 5.76. The van der Waals surface area contributed by atoms with Crippen LogP contribution in [-0.4, -0.2) is 24.0 Å². The zero-order valence-electron chi connectivity index (χ0n) is 10.4. The van der Waals surface area contributed by atoms with E-state index in [1.165, 1.54) is 0 Å². The molecule has 16 heavy (non-hydrogen) atoms. The molecular weight excluding hydrogens is 206 g/mol. The number of hydrogen-bond acceptors (Lipinski definition) is 3. The van der Waals surface area contributed by atoms with E-state index in [1.807, 2.05) is 27.7 Å². The van der Waals surface area contributed by atoms with Gasteiger partial charge in [-0.05, 0) is 39.5 Å². The fourth-order valence-electron chi connectivity index (χ4n) is 2.07. The van der Waals surface area contributed by atoms with Gasteiger partial charge in [-0.25, -0.2) is 4.79 Å². The highest BCUT2D eigenvalue weighted by Crippen LogP contribution is 2.29. The van der Waals surface area contributed by atoms with Gasteiger partial charge < -0.3 is 14.8 Å². The highest BCUT2D eigenvalue weighted by Gasteiger charge is 2.32. The van der Waals surface area contributed by atoms with Crippen molar-refractivity contribution in [3.8, 4) is 0 Å². The summed E-state index contributed by atoms with van der Waals surface area (Å²) < 4.78 is 5.18. The van der Waals surface area contributed by atoms with Gasteiger partial charge in [0.25, 0.3) is 0 Å². The minimum atomic E-state index is -0.476. The van der Waals surface area contributed by atoms with Gasteiger partial charge in [0, 0.05) is 12.0 Å². The first-order chi connectivity index (χ1) is 7.31. The second kappa shape index (κ2) is 4.85. The number of ether oxygens (including phenoxy) is 1. The van der Waals surface area contributed by atoms with E-state index >= 15 is 0 Å². The Hall–Kier alpha value is -1.06. The van der Waals surface area contributed by atoms with E-state index in [9.17, 15) is 9.59 Å². The van der Waals surface area contributed by atoms with Crippen molar-refractivity contribution in [1.82, 2.24) is 5.32 Å². The van der Waals surface area contributed by atoms with Crippen LogP contribution in [0.1, 0.15) is 40.5 Å². The van der Waals surface area contributed by atoms with Crippen LogP contribution in [0.15, 0.2) is 0 Å². The molecule has 0 bridgehead atoms. The molecular formula is C12H21NO3. The molecule has 3 atom stereocenters. The molecule has 4 nitrogen and oxygen atoms in total. The number of hydrogen-bond donors (Lipinski definition) is 1. The molecule has 0 spiro atoms. The van der Waals surface area contributed by atoms with Crippen molar-refractivity contribution >= 4 is 12.4 Å². The van der Waals surface area contributed by atoms with Crippen LogP contribution in [-0.2, 0) is 9.53 Å². The van der Waals surface area contributed by atoms with Crippen molar-refractivity contribution in [2.45, 2.75) is 52.2 Å². The lowest BCUT2D eigenvalue weighted by Crippen LogP contribution is -2.40. The van der Waals surface area contributed by atoms with Gasteiger partial charge in [0.1, 0.15) is 11.9 Å². The molecule has 0 heterocycles. The minimum Gasteiger partial charge on any atom is -0.444 e. The quantitative estimate of drug-likeness (QED) is 0.735. The van der Waals surface area contributed by atoms with Crippen LogP contribution >= 0.6 is 0 Å². The molecule has 0 aliphatic heterocycles. The third-order valence-corrected chi connectivity index (χ3v) is 2.81. The van der Waals surface area contributed by atoms with Crippen LogP contribution in [0, 0.1) is 11.8 Å². The molecule has 1 rings (SSSR count). The number of amides is 1. The summed E-state index contributed by atoms with van der Waals surface area (Å²) in [5.41, 5.74) is -0.476. The minimum absolute atomic E-state index is 0.0602. The Morgan fingerprint density at radius 3 is 2.44 bits per heavy atom. The SMILES string of the molecule is C[C@@H]1C[C@H](C=O)C[C@H]1NC(=O)OC(C)(C)C. The molecule has 1 saturated carbocycles. The monoisotopic (exact) mass is 227 g/mol. The standard InChI is InChI=1S/C12H21NO3/c1-8-5-9(7-14)6-10(8)13-11(15)16-12(2,3)4/h7-10H,5-6H2,1-4H3,(H,13,15)/t8-,9+,10-/m1/s1. The number of carbonyl (C=O) groups is 2. The number of rotatable bonds is 2. The van der Waals surface area contributed by atoms with Gasteiger partial charge >= 0.3 is 6.09 Å². The summed E-state index contributed by atoms with van der Waals surface area (Å²) in [6, 6.07) is 0.0602. The van der Waals surface area contributed by atoms with E-state index in [-0.39, 0.29) is 12.0 Å². The molecule has 1 aliphatic rings. The molecule has 1 fully saturated rings. The lowest BCUT2D eigenvalue weighted by molar-refractivity contribution is -0.111. The first-order valence-electron chi connectivity index (χ1n) is 5.76. The average molecular weight is 227 g/mol. The number of carbonyl (C=O) groups excluding carboxylic acids is 2. The molecule has 1 amide bonds. The number of aldehydes is 1. The topological polar surface area (TPSA) is 55.4 Å². The van der Waals surface area contributed by atoms with E-state index in [2.05, 4.69) is 5.32 Å². The largest absolute Gasteiger partial charge is 0.444 e.